The first kappa shape index (κ1) is 11.8. The van der Waals surface area contributed by atoms with Crippen molar-refractivity contribution in [2.75, 3.05) is 7.11 Å². The standard InChI is InChI=1S/C16H14O3/c1-18-12-8-6-11(7-9-12)10-15-13-4-2-3-5-14(13)16(17)19-15/h2-3,5-10,13H,4H2,1H3/b15-10-. The van der Waals surface area contributed by atoms with Gasteiger partial charge in [-0.05, 0) is 30.2 Å². The van der Waals surface area contributed by atoms with E-state index in [-0.39, 0.29) is 11.9 Å². The highest BCUT2D eigenvalue weighted by Crippen LogP contribution is 2.37. The Bertz CT molecular complexity index is 591. The van der Waals surface area contributed by atoms with Crippen molar-refractivity contribution in [3.63, 3.8) is 0 Å². The number of ether oxygens (including phenoxy) is 2. The molecule has 0 bridgehead atoms. The van der Waals surface area contributed by atoms with Gasteiger partial charge >= 0.3 is 5.97 Å². The fourth-order valence-electron chi connectivity index (χ4n) is 2.34. The molecule has 1 heterocycles. The van der Waals surface area contributed by atoms with Crippen LogP contribution in [0.25, 0.3) is 6.08 Å². The van der Waals surface area contributed by atoms with E-state index in [0.717, 1.165) is 29.1 Å². The van der Waals surface area contributed by atoms with Crippen LogP contribution in [0.4, 0.5) is 0 Å². The first-order chi connectivity index (χ1) is 9.28. The summed E-state index contributed by atoms with van der Waals surface area (Å²) in [5.74, 6) is 1.38. The molecule has 0 N–H and O–H groups in total. The highest BCUT2D eigenvalue weighted by atomic mass is 16.5. The van der Waals surface area contributed by atoms with Crippen LogP contribution in [0.5, 0.6) is 5.75 Å². The second kappa shape index (κ2) is 4.76. The fraction of sp³-hybridized carbons (Fsp3) is 0.188. The van der Waals surface area contributed by atoms with Crippen LogP contribution in [-0.2, 0) is 9.53 Å². The quantitative estimate of drug-likeness (QED) is 0.761. The Labute approximate surface area is 111 Å². The molecule has 0 spiro atoms. The summed E-state index contributed by atoms with van der Waals surface area (Å²) < 4.78 is 10.5. The zero-order chi connectivity index (χ0) is 13.2. The second-order valence-electron chi connectivity index (χ2n) is 4.55. The van der Waals surface area contributed by atoms with Crippen molar-refractivity contribution in [2.24, 2.45) is 5.92 Å². The SMILES string of the molecule is COc1ccc(/C=C2\OC(=O)C3=CC=CCC32)cc1. The van der Waals surface area contributed by atoms with E-state index < -0.39 is 0 Å². The molecule has 19 heavy (non-hydrogen) atoms. The summed E-state index contributed by atoms with van der Waals surface area (Å²) in [5.41, 5.74) is 1.75. The van der Waals surface area contributed by atoms with Gasteiger partial charge in [0.2, 0.25) is 0 Å². The average Bonchev–Trinajstić information content (AvgIpc) is 2.77. The van der Waals surface area contributed by atoms with E-state index in [0.29, 0.717) is 0 Å². The third-order valence-corrected chi connectivity index (χ3v) is 3.37. The number of benzene rings is 1. The van der Waals surface area contributed by atoms with E-state index in [2.05, 4.69) is 6.08 Å². The Morgan fingerprint density at radius 1 is 1.32 bits per heavy atom. The van der Waals surface area contributed by atoms with E-state index in [4.69, 9.17) is 9.47 Å². The number of methoxy groups -OCH3 is 1. The topological polar surface area (TPSA) is 35.5 Å². The van der Waals surface area contributed by atoms with Crippen LogP contribution < -0.4 is 4.74 Å². The van der Waals surface area contributed by atoms with Crippen LogP contribution >= 0.6 is 0 Å². The van der Waals surface area contributed by atoms with Crippen LogP contribution in [0.15, 0.2) is 53.8 Å². The first-order valence-electron chi connectivity index (χ1n) is 6.22. The lowest BCUT2D eigenvalue weighted by Gasteiger charge is -2.09. The molecule has 3 rings (SSSR count). The van der Waals surface area contributed by atoms with Crippen molar-refractivity contribution in [1.29, 1.82) is 0 Å². The molecule has 1 fully saturated rings. The number of esters is 1. The van der Waals surface area contributed by atoms with Crippen molar-refractivity contribution in [2.45, 2.75) is 6.42 Å². The lowest BCUT2D eigenvalue weighted by molar-refractivity contribution is -0.132. The summed E-state index contributed by atoms with van der Waals surface area (Å²) >= 11 is 0. The summed E-state index contributed by atoms with van der Waals surface area (Å²) in [6.07, 6.45) is 8.54. The van der Waals surface area contributed by atoms with E-state index in [1.807, 2.05) is 42.5 Å². The molecule has 1 unspecified atom stereocenters. The third-order valence-electron chi connectivity index (χ3n) is 3.37. The van der Waals surface area contributed by atoms with Crippen molar-refractivity contribution in [3.05, 3.63) is 59.4 Å². The van der Waals surface area contributed by atoms with Crippen molar-refractivity contribution in [3.8, 4) is 5.75 Å². The summed E-state index contributed by atoms with van der Waals surface area (Å²) in [6, 6.07) is 7.67. The molecule has 1 aromatic rings. The normalized spacial score (nSPS) is 23.0. The number of hydrogen-bond acceptors (Lipinski definition) is 3. The fourth-order valence-corrected chi connectivity index (χ4v) is 2.34. The number of hydrogen-bond donors (Lipinski definition) is 0. The Morgan fingerprint density at radius 2 is 2.11 bits per heavy atom. The lowest BCUT2D eigenvalue weighted by atomic mass is 9.91. The monoisotopic (exact) mass is 254 g/mol. The number of rotatable bonds is 2. The molecule has 0 saturated carbocycles. The van der Waals surface area contributed by atoms with Gasteiger partial charge in [0.25, 0.3) is 0 Å². The Hall–Kier alpha value is -2.29. The summed E-state index contributed by atoms with van der Waals surface area (Å²) in [4.78, 5) is 11.7. The molecule has 1 atom stereocenters. The van der Waals surface area contributed by atoms with Gasteiger partial charge in [-0.2, -0.15) is 0 Å². The Balaban J connectivity index is 1.89. The minimum Gasteiger partial charge on any atom is -0.497 e. The van der Waals surface area contributed by atoms with Gasteiger partial charge < -0.3 is 9.47 Å². The van der Waals surface area contributed by atoms with E-state index in [1.54, 1.807) is 7.11 Å². The third kappa shape index (κ3) is 2.19. The van der Waals surface area contributed by atoms with Crippen LogP contribution in [0, 0.1) is 5.92 Å². The molecule has 96 valence electrons. The maximum Gasteiger partial charge on any atom is 0.339 e. The van der Waals surface area contributed by atoms with E-state index in [1.165, 1.54) is 0 Å². The van der Waals surface area contributed by atoms with E-state index >= 15 is 0 Å². The highest BCUT2D eigenvalue weighted by Gasteiger charge is 2.35. The zero-order valence-electron chi connectivity index (χ0n) is 10.6. The molecule has 0 radical (unpaired) electrons. The van der Waals surface area contributed by atoms with Crippen molar-refractivity contribution < 1.29 is 14.3 Å². The molecular formula is C16H14O3. The maximum atomic E-state index is 11.7. The Morgan fingerprint density at radius 3 is 2.84 bits per heavy atom. The molecule has 0 aromatic heterocycles. The van der Waals surface area contributed by atoms with Crippen LogP contribution in [0.3, 0.4) is 0 Å². The largest absolute Gasteiger partial charge is 0.497 e. The van der Waals surface area contributed by atoms with Crippen molar-refractivity contribution in [1.82, 2.24) is 0 Å². The second-order valence-corrected chi connectivity index (χ2v) is 4.55. The average molecular weight is 254 g/mol. The maximum absolute atomic E-state index is 11.7. The van der Waals surface area contributed by atoms with Gasteiger partial charge in [0.15, 0.2) is 0 Å². The molecule has 2 aliphatic rings. The lowest BCUT2D eigenvalue weighted by Crippen LogP contribution is -2.03. The minimum absolute atomic E-state index is 0.0691. The molecular weight excluding hydrogens is 240 g/mol. The first-order valence-corrected chi connectivity index (χ1v) is 6.22. The van der Waals surface area contributed by atoms with Crippen LogP contribution in [0.2, 0.25) is 0 Å². The molecule has 0 amide bonds. The van der Waals surface area contributed by atoms with Gasteiger partial charge in [-0.25, -0.2) is 4.79 Å². The summed E-state index contributed by atoms with van der Waals surface area (Å²) in [6.45, 7) is 0. The summed E-state index contributed by atoms with van der Waals surface area (Å²) in [7, 11) is 1.64. The number of fused-ring (bicyclic) bond motifs is 1. The Kier molecular flexibility index (Phi) is 2.95. The molecule has 1 aliphatic carbocycles. The van der Waals surface area contributed by atoms with Crippen LogP contribution in [-0.4, -0.2) is 13.1 Å². The van der Waals surface area contributed by atoms with Crippen LogP contribution in [0.1, 0.15) is 12.0 Å². The van der Waals surface area contributed by atoms with Gasteiger partial charge in [-0.1, -0.05) is 30.4 Å². The number of allylic oxidation sites excluding steroid dienone is 4. The van der Waals surface area contributed by atoms with Gasteiger partial charge in [0, 0.05) is 5.57 Å². The number of carbonyl (C=O) groups is 1. The van der Waals surface area contributed by atoms with Gasteiger partial charge in [-0.3, -0.25) is 0 Å². The number of cyclic esters (lactones) is 1. The predicted octanol–water partition coefficient (Wildman–Crippen LogP) is 3.10. The minimum atomic E-state index is -0.228. The molecule has 3 nitrogen and oxygen atoms in total. The van der Waals surface area contributed by atoms with Crippen molar-refractivity contribution >= 4 is 12.0 Å². The predicted molar refractivity (Wildman–Crippen MR) is 72.4 cm³/mol. The number of carbonyl (C=O) groups excluding carboxylic acids is 1. The molecule has 1 saturated heterocycles. The molecule has 1 aliphatic heterocycles. The van der Waals surface area contributed by atoms with E-state index in [9.17, 15) is 4.79 Å². The van der Waals surface area contributed by atoms with Gasteiger partial charge in [-0.15, -0.1) is 0 Å². The molecule has 1 aromatic carbocycles. The zero-order valence-corrected chi connectivity index (χ0v) is 10.6. The molecule has 3 heteroatoms. The smallest absolute Gasteiger partial charge is 0.339 e. The summed E-state index contributed by atoms with van der Waals surface area (Å²) in [5, 5.41) is 0. The van der Waals surface area contributed by atoms with Gasteiger partial charge in [0.1, 0.15) is 11.5 Å². The van der Waals surface area contributed by atoms with Gasteiger partial charge in [0.05, 0.1) is 13.0 Å². The highest BCUT2D eigenvalue weighted by molar-refractivity contribution is 5.95.